The molecule has 11 nitrogen and oxygen atoms in total. The second-order valence-electron chi connectivity index (χ2n) is 14.8. The molecule has 2 amide bonds. The molecule has 2 fully saturated rings. The Morgan fingerprint density at radius 2 is 1.98 bits per heavy atom. The number of aliphatic hydroxyl groups is 1. The van der Waals surface area contributed by atoms with Crippen LogP contribution in [0.3, 0.4) is 0 Å². The lowest BCUT2D eigenvalue weighted by Gasteiger charge is -2.37. The zero-order valence-corrected chi connectivity index (χ0v) is 32.7. The number of aromatic nitrogens is 3. The van der Waals surface area contributed by atoms with Crippen molar-refractivity contribution in [1.29, 1.82) is 0 Å². The first kappa shape index (κ1) is 36.5. The van der Waals surface area contributed by atoms with Gasteiger partial charge in [0.05, 0.1) is 45.3 Å². The topological polar surface area (TPSA) is 131 Å². The first-order valence-corrected chi connectivity index (χ1v) is 22.0. The smallest absolute Gasteiger partial charge is 0.264 e. The Morgan fingerprint density at radius 3 is 2.71 bits per heavy atom. The number of ether oxygens (including phenoxy) is 2. The molecule has 13 heteroatoms. The molecule has 1 spiro atoms. The van der Waals surface area contributed by atoms with Gasteiger partial charge in [0.25, 0.3) is 5.91 Å². The van der Waals surface area contributed by atoms with Gasteiger partial charge in [-0.05, 0) is 79.4 Å². The van der Waals surface area contributed by atoms with Gasteiger partial charge in [-0.2, -0.15) is 0 Å². The molecule has 3 aliphatic rings. The standard InChI is InChI=1S/C39H47BrN6O5Si/c1-25-36(52(3,4)31-13-11-30(50-2)12-14-31)35(16-19-45-24-29(17-20-47)43-44-45)51-39(25)32-22-27(40)10-15-34(32)46(38(39)49)23-26-7-5-8-28(21-26)42-37(48)33-9-6-18-41-33/h5,7-8,10-15,21-22,24-25,33,35-36,41,47H,6,9,16-20,23H2,1-4H3,(H,42,48)/t25-,33-,35+,36-,39+/m1/s1. The zero-order chi connectivity index (χ0) is 36.6. The lowest BCUT2D eigenvalue weighted by atomic mass is 9.82. The van der Waals surface area contributed by atoms with E-state index >= 15 is 4.79 Å². The van der Waals surface area contributed by atoms with E-state index in [9.17, 15) is 9.90 Å². The summed E-state index contributed by atoms with van der Waals surface area (Å²) in [6.45, 7) is 8.70. The van der Waals surface area contributed by atoms with E-state index in [1.807, 2.05) is 64.3 Å². The summed E-state index contributed by atoms with van der Waals surface area (Å²) in [6.07, 6.45) is 4.52. The third-order valence-electron chi connectivity index (χ3n) is 11.3. The monoisotopic (exact) mass is 786 g/mol. The predicted molar refractivity (Wildman–Crippen MR) is 206 cm³/mol. The fourth-order valence-corrected chi connectivity index (χ4v) is 13.1. The molecule has 4 heterocycles. The van der Waals surface area contributed by atoms with E-state index in [4.69, 9.17) is 9.47 Å². The molecule has 1 aromatic heterocycles. The minimum atomic E-state index is -2.33. The van der Waals surface area contributed by atoms with Crippen LogP contribution in [0.25, 0.3) is 0 Å². The van der Waals surface area contributed by atoms with E-state index < -0.39 is 13.7 Å². The van der Waals surface area contributed by atoms with Crippen LogP contribution >= 0.6 is 15.9 Å². The van der Waals surface area contributed by atoms with Crippen LogP contribution in [0.4, 0.5) is 11.4 Å². The quantitative estimate of drug-likeness (QED) is 0.169. The maximum absolute atomic E-state index is 15.2. The number of carbonyl (C=O) groups is 2. The number of nitrogens with one attached hydrogen (secondary N) is 2. The number of carbonyl (C=O) groups excluding carboxylic acids is 2. The molecule has 52 heavy (non-hydrogen) atoms. The molecule has 3 aliphatic heterocycles. The molecule has 0 saturated carbocycles. The molecule has 0 unspecified atom stereocenters. The van der Waals surface area contributed by atoms with Crippen LogP contribution in [-0.2, 0) is 39.4 Å². The number of benzene rings is 3. The van der Waals surface area contributed by atoms with Crippen LogP contribution in [0.1, 0.15) is 43.0 Å². The molecule has 3 N–H and O–H groups in total. The highest BCUT2D eigenvalue weighted by molar-refractivity contribution is 9.10. The van der Waals surface area contributed by atoms with Crippen molar-refractivity contribution < 1.29 is 24.2 Å². The first-order valence-electron chi connectivity index (χ1n) is 18.1. The van der Waals surface area contributed by atoms with E-state index in [0.29, 0.717) is 31.6 Å². The average Bonchev–Trinajstić information content (AvgIpc) is 3.93. The maximum Gasteiger partial charge on any atom is 0.264 e. The fraction of sp³-hybridized carbons (Fsp3) is 0.436. The van der Waals surface area contributed by atoms with Gasteiger partial charge in [-0.15, -0.1) is 5.10 Å². The Bertz CT molecular complexity index is 1930. The number of rotatable bonds is 12. The van der Waals surface area contributed by atoms with Crippen molar-refractivity contribution in [2.75, 3.05) is 30.5 Å². The SMILES string of the molecule is COc1ccc([Si](C)(C)[C@H]2[C@H](CCn3cc(CCO)nn3)O[C@@]3(C(=O)N(Cc4cccc(NC(=O)[C@H]5CCCN5)c4)c4ccc(Br)cc43)[C@@H]2C)cc1. The van der Waals surface area contributed by atoms with Crippen molar-refractivity contribution >= 4 is 52.4 Å². The minimum Gasteiger partial charge on any atom is -0.497 e. The fourth-order valence-electron chi connectivity index (χ4n) is 8.72. The molecule has 4 aromatic rings. The highest BCUT2D eigenvalue weighted by Crippen LogP contribution is 2.60. The van der Waals surface area contributed by atoms with Crippen LogP contribution in [0, 0.1) is 5.92 Å². The van der Waals surface area contributed by atoms with Crippen molar-refractivity contribution in [1.82, 2.24) is 20.3 Å². The molecule has 0 radical (unpaired) electrons. The molecule has 3 aromatic carbocycles. The van der Waals surface area contributed by atoms with Gasteiger partial charge in [0.15, 0.2) is 5.60 Å². The number of aliphatic hydroxyl groups excluding tert-OH is 1. The Kier molecular flexibility index (Phi) is 10.4. The van der Waals surface area contributed by atoms with Gasteiger partial charge < -0.3 is 30.1 Å². The maximum atomic E-state index is 15.2. The lowest BCUT2D eigenvalue weighted by Crippen LogP contribution is -2.51. The van der Waals surface area contributed by atoms with Crippen molar-refractivity contribution in [3.8, 4) is 5.75 Å². The Hall–Kier alpha value is -3.88. The molecule has 0 aliphatic carbocycles. The minimum absolute atomic E-state index is 0.0125. The molecule has 2 saturated heterocycles. The first-order chi connectivity index (χ1) is 25.0. The van der Waals surface area contributed by atoms with E-state index in [1.54, 1.807) is 7.11 Å². The molecular formula is C39H47BrN6O5Si. The van der Waals surface area contributed by atoms with E-state index in [-0.39, 0.29) is 42.0 Å². The van der Waals surface area contributed by atoms with Gasteiger partial charge >= 0.3 is 0 Å². The zero-order valence-electron chi connectivity index (χ0n) is 30.1. The normalized spacial score (nSPS) is 24.1. The summed E-state index contributed by atoms with van der Waals surface area (Å²) in [5, 5.41) is 25.6. The Balaban J connectivity index is 1.23. The van der Waals surface area contributed by atoms with Crippen molar-refractivity contribution in [3.05, 3.63) is 94.2 Å². The number of fused-ring (bicyclic) bond motifs is 2. The highest BCUT2D eigenvalue weighted by atomic mass is 79.9. The van der Waals surface area contributed by atoms with Gasteiger partial charge in [-0.1, -0.05) is 70.6 Å². The number of hydrogen-bond acceptors (Lipinski definition) is 8. The molecule has 7 rings (SSSR count). The summed E-state index contributed by atoms with van der Waals surface area (Å²) in [5.74, 6) is 0.541. The molecule has 274 valence electrons. The van der Waals surface area contributed by atoms with E-state index in [0.717, 1.165) is 52.1 Å². The second kappa shape index (κ2) is 14.9. The van der Waals surface area contributed by atoms with Crippen molar-refractivity contribution in [2.24, 2.45) is 5.92 Å². The Labute approximate surface area is 314 Å². The Morgan fingerprint density at radius 1 is 1.17 bits per heavy atom. The summed E-state index contributed by atoms with van der Waals surface area (Å²) >= 11 is 3.71. The van der Waals surface area contributed by atoms with Crippen LogP contribution in [0.15, 0.2) is 77.4 Å². The molecule has 0 bridgehead atoms. The highest BCUT2D eigenvalue weighted by Gasteiger charge is 2.66. The summed E-state index contributed by atoms with van der Waals surface area (Å²) in [5.41, 5.74) is 2.93. The third kappa shape index (κ3) is 6.73. The third-order valence-corrected chi connectivity index (χ3v) is 16.2. The molecular weight excluding hydrogens is 740 g/mol. The van der Waals surface area contributed by atoms with Gasteiger partial charge in [0.1, 0.15) is 5.75 Å². The van der Waals surface area contributed by atoms with Crippen LogP contribution in [-0.4, -0.2) is 72.4 Å². The van der Waals surface area contributed by atoms with Crippen LogP contribution in [0.5, 0.6) is 5.75 Å². The van der Waals surface area contributed by atoms with Gasteiger partial charge in [0, 0.05) is 47.4 Å². The summed E-state index contributed by atoms with van der Waals surface area (Å²) < 4.78 is 15.5. The van der Waals surface area contributed by atoms with Crippen molar-refractivity contribution in [2.45, 2.75) is 82.1 Å². The predicted octanol–water partition coefficient (Wildman–Crippen LogP) is 5.13. The summed E-state index contributed by atoms with van der Waals surface area (Å²) in [4.78, 5) is 29.9. The number of aryl methyl sites for hydroxylation is 1. The van der Waals surface area contributed by atoms with Crippen LogP contribution in [0.2, 0.25) is 18.6 Å². The average molecular weight is 788 g/mol. The number of anilines is 2. The van der Waals surface area contributed by atoms with Gasteiger partial charge in [-0.25, -0.2) is 0 Å². The summed E-state index contributed by atoms with van der Waals surface area (Å²) in [6, 6.07) is 22.0. The van der Waals surface area contributed by atoms with Gasteiger partial charge in [-0.3, -0.25) is 14.3 Å². The lowest BCUT2D eigenvalue weighted by molar-refractivity contribution is -0.146. The number of hydrogen-bond donors (Lipinski definition) is 3. The largest absolute Gasteiger partial charge is 0.497 e. The van der Waals surface area contributed by atoms with E-state index in [2.05, 4.69) is 75.1 Å². The number of methoxy groups -OCH3 is 1. The number of halogens is 1. The van der Waals surface area contributed by atoms with Crippen LogP contribution < -0.4 is 25.5 Å². The second-order valence-corrected chi connectivity index (χ2v) is 20.4. The summed E-state index contributed by atoms with van der Waals surface area (Å²) in [7, 11) is -0.655. The molecule has 5 atom stereocenters. The number of amides is 2. The van der Waals surface area contributed by atoms with E-state index in [1.165, 1.54) is 5.19 Å². The van der Waals surface area contributed by atoms with Gasteiger partial charge in [0.2, 0.25) is 5.91 Å². The van der Waals surface area contributed by atoms with Crippen molar-refractivity contribution in [3.63, 3.8) is 0 Å². The number of nitrogens with zero attached hydrogens (tertiary/aromatic N) is 4.